The van der Waals surface area contributed by atoms with Gasteiger partial charge in [0, 0.05) is 0 Å². The molecule has 0 spiro atoms. The Morgan fingerprint density at radius 1 is 0.143 bits per heavy atom. The Bertz CT molecular complexity index is 193. The van der Waals surface area contributed by atoms with Gasteiger partial charge in [-0.15, -0.1) is 24.0 Å². The van der Waals surface area contributed by atoms with E-state index in [0.29, 0.717) is 0 Å². The molecule has 42 heavy (non-hydrogen) atoms. The fourth-order valence-electron chi connectivity index (χ4n) is 0. The van der Waals surface area contributed by atoms with E-state index in [4.69, 9.17) is 151 Å². The molecule has 0 atom stereocenters. The van der Waals surface area contributed by atoms with Crippen LogP contribution in [0.25, 0.3) is 0 Å². The molecule has 30 N–H and O–H groups in total. The maximum absolute atomic E-state index is 7.17. The quantitative estimate of drug-likeness (QED) is 0.0806. The first-order chi connectivity index (χ1) is 17.3. The molecule has 0 aromatic heterocycles. The molecule has 0 aliphatic carbocycles. The summed E-state index contributed by atoms with van der Waals surface area (Å²) in [6, 6.07) is 0. The van der Waals surface area contributed by atoms with Crippen LogP contribution in [0.15, 0.2) is 0 Å². The van der Waals surface area contributed by atoms with Crippen LogP contribution in [0.2, 0.25) is 0 Å². The van der Waals surface area contributed by atoms with Crippen LogP contribution in [0.4, 0.5) is 0 Å². The summed E-state index contributed by atoms with van der Waals surface area (Å²) in [5.41, 5.74) is 0. The van der Waals surface area contributed by atoms with E-state index in [0.717, 1.165) is 0 Å². The Kier molecular flexibility index (Phi) is 138. The van der Waals surface area contributed by atoms with Gasteiger partial charge in [-0.25, -0.2) is 0 Å². The third kappa shape index (κ3) is 107000. The zero-order valence-corrected chi connectivity index (χ0v) is 21.9. The van der Waals surface area contributed by atoms with Gasteiger partial charge < -0.3 is 151 Å². The molecule has 0 radical (unpaired) electrons. The molecule has 0 bridgehead atoms. The van der Waals surface area contributed by atoms with E-state index in [-0.39, 0.29) is 42.8 Å². The zero-order chi connectivity index (χ0) is 35.8. The second-order valence-electron chi connectivity index (χ2n) is 3.46. The molecule has 0 aliphatic rings. The van der Waals surface area contributed by atoms with Crippen LogP contribution in [0, 0.1) is 0 Å². The maximum atomic E-state index is 7.17. The van der Waals surface area contributed by atoms with Gasteiger partial charge in [0.05, 0.1) is 0 Å². The molecule has 0 rings (SSSR count). The van der Waals surface area contributed by atoms with Gasteiger partial charge in [0.25, 0.3) is 0 Å². The first-order valence-corrected chi connectivity index (χ1v) is 7.75. The Hall–Kier alpha value is 0.777. The molecule has 0 unspecified atom stereocenters. The van der Waals surface area contributed by atoms with Crippen molar-refractivity contribution in [2.45, 2.75) is 0 Å². The third-order valence-corrected chi connectivity index (χ3v) is 0. The molecular weight excluding hydrogens is 722 g/mol. The summed E-state index contributed by atoms with van der Waals surface area (Å²) in [7, 11) is -21.7. The molecule has 0 heterocycles. The van der Waals surface area contributed by atoms with Gasteiger partial charge in [-0.05, 0) is 0 Å². The van der Waals surface area contributed by atoms with Crippen molar-refractivity contribution in [1.82, 2.24) is 0 Å². The van der Waals surface area contributed by atoms with Crippen LogP contribution in [0.1, 0.15) is 0 Å². The molecule has 0 aliphatic heterocycles. The molecule has 0 saturated carbocycles. The van der Waals surface area contributed by atoms with Gasteiger partial charge in [-0.2, -0.15) is 0 Å². The second kappa shape index (κ2) is 73.3. The van der Waals surface area contributed by atoms with Gasteiger partial charge in [0.2, 0.25) is 0 Å². The zero-order valence-electron chi connectivity index (χ0n) is 19.6. The summed E-state index contributed by atoms with van der Waals surface area (Å²) < 4.78 is 0. The number of halogens is 1. The van der Waals surface area contributed by atoms with Crippen molar-refractivity contribution < 1.29 is 151 Å². The van der Waals surface area contributed by atoms with Crippen molar-refractivity contribution in [3.63, 3.8) is 0 Å². The van der Waals surface area contributed by atoms with Gasteiger partial charge in [-0.3, -0.25) is 0 Å². The van der Waals surface area contributed by atoms with E-state index in [9.17, 15) is 0 Å². The molecule has 0 fully saturated rings. The Morgan fingerprint density at radius 2 is 0.143 bits per heavy atom. The SMILES string of the molecule is I.OB(O)O.OB(O)O.OB(O)O.OB(O)O.OB(O)O.OB(O)O.OB(O)O.OB(O)O.OB(O)O.OB(O)O.[LiH]. The van der Waals surface area contributed by atoms with Crippen molar-refractivity contribution in [3.05, 3.63) is 0 Å². The summed E-state index contributed by atoms with van der Waals surface area (Å²) in [5, 5.41) is 215. The third-order valence-electron chi connectivity index (χ3n) is 0. The van der Waals surface area contributed by atoms with E-state index >= 15 is 0 Å². The van der Waals surface area contributed by atoms with E-state index in [2.05, 4.69) is 0 Å². The predicted octanol–water partition coefficient (Wildman–Crippen LogP) is -20.5. The van der Waals surface area contributed by atoms with Crippen LogP contribution in [0.5, 0.6) is 0 Å². The van der Waals surface area contributed by atoms with E-state index in [1.54, 1.807) is 0 Å². The normalized spacial score (nSPS) is 6.43. The molecule has 0 amide bonds. The number of rotatable bonds is 0. The van der Waals surface area contributed by atoms with Crippen LogP contribution in [0.3, 0.4) is 0 Å². The predicted molar refractivity (Wildman–Crippen MR) is 147 cm³/mol. The summed E-state index contributed by atoms with van der Waals surface area (Å²) in [6.45, 7) is 0. The topological polar surface area (TPSA) is 607 Å². The summed E-state index contributed by atoms with van der Waals surface area (Å²) in [5.74, 6) is 0. The number of hydrogen-bond acceptors (Lipinski definition) is 30. The first-order valence-electron chi connectivity index (χ1n) is 7.75. The molecule has 42 heteroatoms. The monoisotopic (exact) mass is 756 g/mol. The second-order valence-corrected chi connectivity index (χ2v) is 3.46. The molecule has 0 saturated heterocycles. The Morgan fingerprint density at radius 3 is 0.143 bits per heavy atom. The minimum atomic E-state index is -2.17. The Labute approximate surface area is 266 Å². The molecule has 250 valence electrons. The van der Waals surface area contributed by atoms with Crippen LogP contribution in [-0.4, -0.2) is 243 Å². The molecule has 0 aromatic rings. The van der Waals surface area contributed by atoms with Gasteiger partial charge in [-0.1, -0.05) is 0 Å². The van der Waals surface area contributed by atoms with Gasteiger partial charge in [0.1, 0.15) is 0 Å². The summed E-state index contributed by atoms with van der Waals surface area (Å²) >= 11 is 0. The van der Waals surface area contributed by atoms with Crippen molar-refractivity contribution in [2.24, 2.45) is 0 Å². The fraction of sp³-hybridized carbons (Fsp3) is 0. The molecular formula is H32B10ILiO30. The number of hydrogen-bond donors (Lipinski definition) is 30. The van der Waals surface area contributed by atoms with Gasteiger partial charge in [0.15, 0.2) is 0 Å². The van der Waals surface area contributed by atoms with E-state index in [1.807, 2.05) is 0 Å². The van der Waals surface area contributed by atoms with Crippen molar-refractivity contribution >= 4 is 116 Å². The molecule has 30 nitrogen and oxygen atoms in total. The first kappa shape index (κ1) is 78.8. The fourth-order valence-corrected chi connectivity index (χ4v) is 0. The van der Waals surface area contributed by atoms with Crippen LogP contribution in [-0.2, 0) is 0 Å². The summed E-state index contributed by atoms with van der Waals surface area (Å²) in [4.78, 5) is 0. The Balaban J connectivity index is -0.0000000237. The standard InChI is InChI=1S/10BH3O3.HI.Li.H/c10*2-1(3)4;;;/h10*2-4H;1H;;. The van der Waals surface area contributed by atoms with E-state index < -0.39 is 73.2 Å². The van der Waals surface area contributed by atoms with Crippen LogP contribution < -0.4 is 0 Å². The molecule has 0 aromatic carbocycles. The summed E-state index contributed by atoms with van der Waals surface area (Å²) in [6.07, 6.45) is 0. The van der Waals surface area contributed by atoms with E-state index in [1.165, 1.54) is 0 Å². The van der Waals surface area contributed by atoms with Gasteiger partial charge >= 0.3 is 92.1 Å². The average molecular weight is 754 g/mol. The van der Waals surface area contributed by atoms with Crippen molar-refractivity contribution in [1.29, 1.82) is 0 Å². The van der Waals surface area contributed by atoms with Crippen molar-refractivity contribution in [3.8, 4) is 0 Å². The van der Waals surface area contributed by atoms with Crippen molar-refractivity contribution in [2.75, 3.05) is 0 Å². The minimum absolute atomic E-state index is 0. The average Bonchev–Trinajstić information content (AvgIpc) is 2.47. The van der Waals surface area contributed by atoms with Crippen LogP contribution >= 0.6 is 24.0 Å².